The predicted octanol–water partition coefficient (Wildman–Crippen LogP) is 6.12. The van der Waals surface area contributed by atoms with Gasteiger partial charge >= 0.3 is 0 Å². The number of para-hydroxylation sites is 1. The fourth-order valence-corrected chi connectivity index (χ4v) is 6.79. The molecule has 5 nitrogen and oxygen atoms in total. The number of aromatic nitrogens is 2. The third kappa shape index (κ3) is 3.72. The molecule has 2 aromatic carbocycles. The number of anilines is 1. The van der Waals surface area contributed by atoms with Crippen LogP contribution >= 0.6 is 22.7 Å². The Morgan fingerprint density at radius 1 is 1.03 bits per heavy atom. The SMILES string of the molecule is Cc1ccc2ccc(C(=O)Nc3sc4c(c3-c3nc5ccccc5s3)CCN(C)C4)cc2n1. The number of thiophene rings is 1. The van der Waals surface area contributed by atoms with Gasteiger partial charge in [-0.05, 0) is 56.3 Å². The average molecular weight is 471 g/mol. The van der Waals surface area contributed by atoms with Gasteiger partial charge in [-0.15, -0.1) is 22.7 Å². The predicted molar refractivity (Wildman–Crippen MR) is 137 cm³/mol. The largest absolute Gasteiger partial charge is 0.313 e. The van der Waals surface area contributed by atoms with Crippen molar-refractivity contribution in [3.63, 3.8) is 0 Å². The fourth-order valence-electron chi connectivity index (χ4n) is 4.36. The Balaban J connectivity index is 1.42. The zero-order valence-electron chi connectivity index (χ0n) is 18.4. The van der Waals surface area contributed by atoms with E-state index in [0.29, 0.717) is 5.56 Å². The minimum absolute atomic E-state index is 0.116. The van der Waals surface area contributed by atoms with E-state index in [1.807, 2.05) is 55.5 Å². The molecule has 1 N–H and O–H groups in total. The summed E-state index contributed by atoms with van der Waals surface area (Å²) >= 11 is 3.37. The van der Waals surface area contributed by atoms with Gasteiger partial charge in [-0.2, -0.15) is 0 Å². The van der Waals surface area contributed by atoms with E-state index < -0.39 is 0 Å². The van der Waals surface area contributed by atoms with Gasteiger partial charge in [-0.25, -0.2) is 4.98 Å². The smallest absolute Gasteiger partial charge is 0.256 e. The first-order chi connectivity index (χ1) is 16.0. The molecule has 4 heterocycles. The Morgan fingerprint density at radius 2 is 1.88 bits per heavy atom. The Morgan fingerprint density at radius 3 is 2.76 bits per heavy atom. The molecule has 1 aliphatic heterocycles. The first kappa shape index (κ1) is 20.5. The monoisotopic (exact) mass is 470 g/mol. The number of rotatable bonds is 3. The molecule has 0 unspecified atom stereocenters. The number of carbonyl (C=O) groups excluding carboxylic acids is 1. The number of benzene rings is 2. The number of fused-ring (bicyclic) bond motifs is 3. The van der Waals surface area contributed by atoms with Crippen LogP contribution < -0.4 is 5.32 Å². The zero-order chi connectivity index (χ0) is 22.5. The standard InChI is InChI=1S/C26H22N4OS2/c1-15-7-8-16-9-10-17(13-20(16)27-15)24(31)29-26-23(18-11-12-30(2)14-22(18)33-26)25-28-19-5-3-4-6-21(19)32-25/h3-10,13H,11-12,14H2,1-2H3,(H,29,31). The van der Waals surface area contributed by atoms with E-state index in [-0.39, 0.29) is 5.91 Å². The van der Waals surface area contributed by atoms with Crippen molar-refractivity contribution in [3.8, 4) is 10.6 Å². The molecule has 1 aliphatic rings. The van der Waals surface area contributed by atoms with E-state index in [1.54, 1.807) is 22.7 Å². The van der Waals surface area contributed by atoms with Gasteiger partial charge in [-0.3, -0.25) is 9.78 Å². The Hall–Kier alpha value is -3.13. The molecule has 164 valence electrons. The summed E-state index contributed by atoms with van der Waals surface area (Å²) in [5.41, 5.74) is 5.79. The maximum atomic E-state index is 13.3. The number of thiazole rings is 1. The van der Waals surface area contributed by atoms with E-state index in [2.05, 4.69) is 28.3 Å². The van der Waals surface area contributed by atoms with Gasteiger partial charge < -0.3 is 10.2 Å². The highest BCUT2D eigenvalue weighted by Gasteiger charge is 2.27. The lowest BCUT2D eigenvalue weighted by Gasteiger charge is -2.22. The summed E-state index contributed by atoms with van der Waals surface area (Å²) in [6.45, 7) is 3.86. The van der Waals surface area contributed by atoms with Crippen molar-refractivity contribution in [2.45, 2.75) is 19.9 Å². The highest BCUT2D eigenvalue weighted by atomic mass is 32.1. The van der Waals surface area contributed by atoms with E-state index in [0.717, 1.165) is 61.9 Å². The van der Waals surface area contributed by atoms with Crippen LogP contribution in [0.15, 0.2) is 54.6 Å². The number of hydrogen-bond donors (Lipinski definition) is 1. The lowest BCUT2D eigenvalue weighted by Crippen LogP contribution is -2.25. The van der Waals surface area contributed by atoms with Gasteiger partial charge in [0.05, 0.1) is 15.7 Å². The number of nitrogens with one attached hydrogen (secondary N) is 1. The van der Waals surface area contributed by atoms with E-state index in [1.165, 1.54) is 10.4 Å². The molecule has 0 fully saturated rings. The molecule has 0 atom stereocenters. The summed E-state index contributed by atoms with van der Waals surface area (Å²) in [5.74, 6) is -0.116. The van der Waals surface area contributed by atoms with E-state index in [4.69, 9.17) is 4.98 Å². The van der Waals surface area contributed by atoms with Gasteiger partial charge in [0.25, 0.3) is 5.91 Å². The van der Waals surface area contributed by atoms with Crippen LogP contribution in [0.1, 0.15) is 26.5 Å². The van der Waals surface area contributed by atoms with Crippen LogP contribution in [-0.2, 0) is 13.0 Å². The van der Waals surface area contributed by atoms with Crippen LogP contribution in [0.4, 0.5) is 5.00 Å². The maximum absolute atomic E-state index is 13.3. The van der Waals surface area contributed by atoms with Crippen LogP contribution in [0, 0.1) is 6.92 Å². The number of likely N-dealkylation sites (N-methyl/N-ethyl adjacent to an activating group) is 1. The molecule has 0 spiro atoms. The Bertz CT molecular complexity index is 1500. The third-order valence-corrected chi connectivity index (χ3v) is 8.26. The molecule has 6 rings (SSSR count). The normalized spacial score (nSPS) is 14.0. The van der Waals surface area contributed by atoms with Crippen LogP contribution in [-0.4, -0.2) is 34.4 Å². The summed E-state index contributed by atoms with van der Waals surface area (Å²) in [7, 11) is 2.14. The van der Waals surface area contributed by atoms with Gasteiger partial charge in [-0.1, -0.05) is 24.3 Å². The number of hydrogen-bond acceptors (Lipinski definition) is 6. The molecule has 0 saturated carbocycles. The lowest BCUT2D eigenvalue weighted by atomic mass is 10.0. The van der Waals surface area contributed by atoms with Crippen molar-refractivity contribution in [2.75, 3.05) is 18.9 Å². The van der Waals surface area contributed by atoms with Gasteiger partial charge in [0, 0.05) is 40.2 Å². The van der Waals surface area contributed by atoms with Crippen LogP contribution in [0.2, 0.25) is 0 Å². The number of nitrogens with zero attached hydrogens (tertiary/aromatic N) is 3. The first-order valence-corrected chi connectivity index (χ1v) is 12.6. The number of amides is 1. The molecule has 0 aliphatic carbocycles. The summed E-state index contributed by atoms with van der Waals surface area (Å²) < 4.78 is 1.16. The second kappa shape index (κ2) is 8.02. The molecule has 0 saturated heterocycles. The maximum Gasteiger partial charge on any atom is 0.256 e. The number of pyridine rings is 1. The van der Waals surface area contributed by atoms with E-state index in [9.17, 15) is 4.79 Å². The third-order valence-electron chi connectivity index (χ3n) is 6.08. The molecule has 33 heavy (non-hydrogen) atoms. The van der Waals surface area contributed by atoms with Crippen molar-refractivity contribution in [3.05, 3.63) is 76.3 Å². The van der Waals surface area contributed by atoms with Crippen molar-refractivity contribution in [2.24, 2.45) is 0 Å². The molecule has 0 radical (unpaired) electrons. The minimum Gasteiger partial charge on any atom is -0.313 e. The molecule has 3 aromatic heterocycles. The highest BCUT2D eigenvalue weighted by molar-refractivity contribution is 7.23. The number of aryl methyl sites for hydroxylation is 1. The average Bonchev–Trinajstić information content (AvgIpc) is 3.38. The highest BCUT2D eigenvalue weighted by Crippen LogP contribution is 2.45. The van der Waals surface area contributed by atoms with Gasteiger partial charge in [0.1, 0.15) is 10.0 Å². The van der Waals surface area contributed by atoms with Gasteiger partial charge in [0.2, 0.25) is 0 Å². The van der Waals surface area contributed by atoms with E-state index >= 15 is 0 Å². The zero-order valence-corrected chi connectivity index (χ0v) is 20.0. The Labute approximate surface area is 199 Å². The van der Waals surface area contributed by atoms with Gasteiger partial charge in [0.15, 0.2) is 0 Å². The molecule has 5 aromatic rings. The topological polar surface area (TPSA) is 58.1 Å². The lowest BCUT2D eigenvalue weighted by molar-refractivity contribution is 0.102. The number of carbonyl (C=O) groups is 1. The quantitative estimate of drug-likeness (QED) is 0.345. The molecule has 0 bridgehead atoms. The van der Waals surface area contributed by atoms with Crippen LogP contribution in [0.5, 0.6) is 0 Å². The Kier molecular flexibility index (Phi) is 4.98. The van der Waals surface area contributed by atoms with Crippen LogP contribution in [0.3, 0.4) is 0 Å². The second-order valence-electron chi connectivity index (χ2n) is 8.50. The summed E-state index contributed by atoms with van der Waals surface area (Å²) in [4.78, 5) is 26.5. The molecule has 7 heteroatoms. The van der Waals surface area contributed by atoms with Crippen molar-refractivity contribution in [1.29, 1.82) is 0 Å². The van der Waals surface area contributed by atoms with Crippen molar-refractivity contribution in [1.82, 2.24) is 14.9 Å². The van der Waals surface area contributed by atoms with Crippen molar-refractivity contribution >= 4 is 54.7 Å². The first-order valence-electron chi connectivity index (χ1n) is 10.9. The minimum atomic E-state index is -0.116. The molecular weight excluding hydrogens is 448 g/mol. The second-order valence-corrected chi connectivity index (χ2v) is 10.6. The van der Waals surface area contributed by atoms with Crippen molar-refractivity contribution < 1.29 is 4.79 Å². The molecular formula is C26H22N4OS2. The summed E-state index contributed by atoms with van der Waals surface area (Å²) in [6, 6.07) is 17.9. The summed E-state index contributed by atoms with van der Waals surface area (Å²) in [6.07, 6.45) is 0.961. The fraction of sp³-hybridized carbons (Fsp3) is 0.192. The molecule has 1 amide bonds. The summed E-state index contributed by atoms with van der Waals surface area (Å²) in [5, 5.41) is 6.11. The van der Waals surface area contributed by atoms with Crippen LogP contribution in [0.25, 0.3) is 31.7 Å².